The third-order valence-electron chi connectivity index (χ3n) is 9.67. The van der Waals surface area contributed by atoms with E-state index in [2.05, 4.69) is 28.6 Å². The minimum atomic E-state index is -4.39. The molecule has 3 N–H and O–H groups in total. The molecule has 0 aromatic heterocycles. The average molecular weight is 791 g/mol. The number of nitrogens with zero attached hydrogens (tertiary/aromatic N) is 2. The number of benzene rings is 2. The van der Waals surface area contributed by atoms with Crippen molar-refractivity contribution in [2.75, 3.05) is 30.8 Å². The van der Waals surface area contributed by atoms with Crippen LogP contribution in [0.3, 0.4) is 0 Å². The van der Waals surface area contributed by atoms with Crippen LogP contribution in [-0.2, 0) is 35.9 Å². The van der Waals surface area contributed by atoms with E-state index in [0.29, 0.717) is 26.1 Å². The van der Waals surface area contributed by atoms with Crippen LogP contribution in [0.4, 0.5) is 11.4 Å². The molecule has 10 nitrogen and oxygen atoms in total. The van der Waals surface area contributed by atoms with Gasteiger partial charge in [-0.2, -0.15) is 21.4 Å². The number of carbonyl (C=O) groups is 1. The maximum atomic E-state index is 12.5. The highest BCUT2D eigenvalue weighted by Gasteiger charge is 2.45. The lowest BCUT2D eigenvalue weighted by atomic mass is 9.81. The van der Waals surface area contributed by atoms with E-state index >= 15 is 0 Å². The van der Waals surface area contributed by atoms with Crippen molar-refractivity contribution in [2.45, 2.75) is 99.5 Å². The number of nitrogens with one attached hydrogen (secondary N) is 1. The predicted octanol–water partition coefficient (Wildman–Crippen LogP) is 7.84. The molecule has 2 aromatic rings. The van der Waals surface area contributed by atoms with Gasteiger partial charge in [-0.25, -0.2) is 0 Å². The predicted molar refractivity (Wildman–Crippen MR) is 214 cm³/mol. The second kappa shape index (κ2) is 16.2. The zero-order valence-electron chi connectivity index (χ0n) is 31.3. The highest BCUT2D eigenvalue weighted by Crippen LogP contribution is 2.48. The first-order valence-electron chi connectivity index (χ1n) is 17.4. The topological polar surface area (TPSA) is 144 Å². The molecule has 1 amide bonds. The quantitative estimate of drug-likeness (QED) is 0.0506. The summed E-state index contributed by atoms with van der Waals surface area (Å²) in [6.45, 7) is 16.3. The minimum Gasteiger partial charge on any atom is -0.355 e. The number of hydrogen-bond donors (Lipinski definition) is 3. The van der Waals surface area contributed by atoms with Gasteiger partial charge in [-0.15, -0.1) is 0 Å². The van der Waals surface area contributed by atoms with Crippen LogP contribution < -0.4 is 10.2 Å². The molecule has 2 aliphatic rings. The molecule has 14 heteroatoms. The van der Waals surface area contributed by atoms with Crippen molar-refractivity contribution in [3.05, 3.63) is 83.6 Å². The Bertz CT molecular complexity index is 2030. The summed E-state index contributed by atoms with van der Waals surface area (Å²) in [4.78, 5) is 14.3. The van der Waals surface area contributed by atoms with Crippen molar-refractivity contribution in [3.8, 4) is 0 Å². The number of likely N-dealkylation sites (N-methyl/N-ethyl adjacent to an activating group) is 1. The van der Waals surface area contributed by atoms with Gasteiger partial charge in [-0.3, -0.25) is 13.9 Å². The summed E-state index contributed by atoms with van der Waals surface area (Å²) in [5.41, 5.74) is 4.25. The van der Waals surface area contributed by atoms with Crippen LogP contribution in [0.25, 0.3) is 0 Å². The first kappa shape index (κ1) is 41.9. The molecule has 0 spiro atoms. The monoisotopic (exact) mass is 790 g/mol. The molecule has 0 bridgehead atoms. The van der Waals surface area contributed by atoms with E-state index in [1.807, 2.05) is 71.3 Å². The molecule has 0 atom stereocenters. The van der Waals surface area contributed by atoms with Crippen molar-refractivity contribution < 1.29 is 35.3 Å². The SMILES string of the molecule is CCN1/C(=C/C=C/C=C/C2=[N+](CCCCCC(=O)NCC(C)(C)SSC)c3ccc(S(=O)(=O)O)cc3C2(C)C)C(C)(C)c2cc(S(=O)(=O)O)ccc21. The van der Waals surface area contributed by atoms with Gasteiger partial charge in [0.15, 0.2) is 5.71 Å². The number of carbonyl (C=O) groups excluding carboxylic acids is 1. The maximum absolute atomic E-state index is 12.5. The summed E-state index contributed by atoms with van der Waals surface area (Å²) in [5.74, 6) is 0.0481. The van der Waals surface area contributed by atoms with Crippen molar-refractivity contribution in [2.24, 2.45) is 0 Å². The Labute approximate surface area is 317 Å². The van der Waals surface area contributed by atoms with Crippen LogP contribution in [0.1, 0.15) is 85.3 Å². The second-order valence-electron chi connectivity index (χ2n) is 14.7. The van der Waals surface area contributed by atoms with Crippen LogP contribution in [-0.4, -0.2) is 72.8 Å². The molecule has 52 heavy (non-hydrogen) atoms. The Morgan fingerprint density at radius 3 is 2.15 bits per heavy atom. The van der Waals surface area contributed by atoms with Gasteiger partial charge in [0.25, 0.3) is 20.2 Å². The highest BCUT2D eigenvalue weighted by atomic mass is 33.1. The Morgan fingerprint density at radius 2 is 1.54 bits per heavy atom. The van der Waals surface area contributed by atoms with Crippen LogP contribution in [0.5, 0.6) is 0 Å². The minimum absolute atomic E-state index is 0.0423. The number of rotatable bonds is 16. The molecule has 0 aliphatic carbocycles. The summed E-state index contributed by atoms with van der Waals surface area (Å²) in [6, 6.07) is 9.41. The molecule has 0 radical (unpaired) electrons. The van der Waals surface area contributed by atoms with E-state index in [1.165, 1.54) is 12.1 Å². The zero-order chi connectivity index (χ0) is 38.7. The lowest BCUT2D eigenvalue weighted by Gasteiger charge is -2.25. The van der Waals surface area contributed by atoms with E-state index in [0.717, 1.165) is 53.2 Å². The Morgan fingerprint density at radius 1 is 0.904 bits per heavy atom. The largest absolute Gasteiger partial charge is 0.355 e. The van der Waals surface area contributed by atoms with E-state index in [9.17, 15) is 30.7 Å². The summed E-state index contributed by atoms with van der Waals surface area (Å²) >= 11 is 0. The van der Waals surface area contributed by atoms with Gasteiger partial charge in [-0.05, 0) is 95.7 Å². The Balaban J connectivity index is 1.55. The van der Waals surface area contributed by atoms with Crippen molar-refractivity contribution in [1.82, 2.24) is 5.32 Å². The highest BCUT2D eigenvalue weighted by molar-refractivity contribution is 8.77. The third-order valence-corrected chi connectivity index (χ3v) is 14.0. The molecular weight excluding hydrogens is 739 g/mol. The molecule has 0 saturated carbocycles. The van der Waals surface area contributed by atoms with Crippen molar-refractivity contribution >= 4 is 64.8 Å². The second-order valence-corrected chi connectivity index (χ2v) is 20.7. The third kappa shape index (κ3) is 9.43. The summed E-state index contributed by atoms with van der Waals surface area (Å²) < 4.78 is 69.4. The summed E-state index contributed by atoms with van der Waals surface area (Å²) in [5, 5.41) is 3.05. The molecule has 0 saturated heterocycles. The first-order valence-corrected chi connectivity index (χ1v) is 22.8. The number of hydrogen-bond acceptors (Lipinski definition) is 8. The average Bonchev–Trinajstić information content (AvgIpc) is 3.40. The van der Waals surface area contributed by atoms with Crippen LogP contribution in [0.2, 0.25) is 0 Å². The number of fused-ring (bicyclic) bond motifs is 2. The fraction of sp³-hybridized carbons (Fsp3) is 0.474. The smallest absolute Gasteiger partial charge is 0.294 e. The Kier molecular flexibility index (Phi) is 13.1. The number of allylic oxidation sites excluding steroid dienone is 6. The van der Waals surface area contributed by atoms with Crippen molar-refractivity contribution in [3.63, 3.8) is 0 Å². The zero-order valence-corrected chi connectivity index (χ0v) is 34.5. The standard InChI is InChI=1S/C38H51N3O7S4/c1-9-40-31-21-19-27(51(43,44)45)24-29(31)37(4,5)33(40)16-12-10-13-17-34-38(6,7)30-25-28(52(46,47)48)20-22-32(30)41(34)23-15-11-14-18-35(42)39-26-36(2,3)50-49-8/h10,12-13,16-17,19-22,24-25H,9,11,14-15,18,23,26H2,1-8H3,(H2-,39,42,43,44,45,46,47,48)/p+1. The molecule has 0 unspecified atom stereocenters. The maximum Gasteiger partial charge on any atom is 0.294 e. The van der Waals surface area contributed by atoms with Crippen LogP contribution >= 0.6 is 21.6 Å². The van der Waals surface area contributed by atoms with E-state index < -0.39 is 31.1 Å². The Hall–Kier alpha value is -2.88. The molecule has 2 aliphatic heterocycles. The van der Waals surface area contributed by atoms with E-state index in [1.54, 1.807) is 45.9 Å². The van der Waals surface area contributed by atoms with Gasteiger partial charge < -0.3 is 10.2 Å². The molecule has 284 valence electrons. The van der Waals surface area contributed by atoms with Gasteiger partial charge in [0, 0.05) is 65.2 Å². The molecule has 2 heterocycles. The van der Waals surface area contributed by atoms with Gasteiger partial charge in [0.05, 0.1) is 15.2 Å². The van der Waals surface area contributed by atoms with E-state index in [4.69, 9.17) is 0 Å². The summed E-state index contributed by atoms with van der Waals surface area (Å²) in [7, 11) is -5.30. The lowest BCUT2D eigenvalue weighted by molar-refractivity contribution is -0.438. The molecule has 4 rings (SSSR count). The van der Waals surface area contributed by atoms with Crippen molar-refractivity contribution in [1.29, 1.82) is 0 Å². The van der Waals surface area contributed by atoms with Gasteiger partial charge in [0.1, 0.15) is 6.54 Å². The molecule has 2 aromatic carbocycles. The first-order chi connectivity index (χ1) is 24.1. The number of anilines is 1. The van der Waals surface area contributed by atoms with Gasteiger partial charge in [-0.1, -0.05) is 53.7 Å². The van der Waals surface area contributed by atoms with Gasteiger partial charge >= 0.3 is 0 Å². The lowest BCUT2D eigenvalue weighted by Crippen LogP contribution is -2.35. The van der Waals surface area contributed by atoms with Crippen LogP contribution in [0, 0.1) is 0 Å². The van der Waals surface area contributed by atoms with Crippen LogP contribution in [0.15, 0.2) is 82.3 Å². The molecule has 0 fully saturated rings. The van der Waals surface area contributed by atoms with E-state index in [-0.39, 0.29) is 20.4 Å². The van der Waals surface area contributed by atoms with Gasteiger partial charge in [0.2, 0.25) is 11.6 Å². The normalized spacial score (nSPS) is 17.8. The number of unbranched alkanes of at least 4 members (excludes halogenated alkanes) is 2. The number of amides is 1. The fourth-order valence-corrected chi connectivity index (χ4v) is 10.1. The molecular formula is C38H52N3O7S4+. The fourth-order valence-electron chi connectivity index (χ4n) is 6.96. The summed E-state index contributed by atoms with van der Waals surface area (Å²) in [6.07, 6.45) is 14.7.